The molecule has 3 heterocycles. The Morgan fingerprint density at radius 1 is 0.857 bits per heavy atom. The maximum atomic E-state index is 14.3. The number of nitrogens with zero attached hydrogens (tertiary/aromatic N) is 6. The van der Waals surface area contributed by atoms with E-state index in [2.05, 4.69) is 16.4 Å². The molecule has 0 radical (unpaired) electrons. The number of hydrogen-bond donors (Lipinski definition) is 0. The fraction of sp³-hybridized carbons (Fsp3) is 0.263. The second-order valence-electron chi connectivity index (χ2n) is 12.6. The van der Waals surface area contributed by atoms with Crippen molar-refractivity contribution in [3.8, 4) is 11.5 Å². The van der Waals surface area contributed by atoms with E-state index >= 15 is 0 Å². The Morgan fingerprint density at radius 2 is 1.57 bits per heavy atom. The van der Waals surface area contributed by atoms with Gasteiger partial charge in [-0.05, 0) is 77.8 Å². The van der Waals surface area contributed by atoms with Crippen LogP contribution in [-0.4, -0.2) is 66.3 Å². The van der Waals surface area contributed by atoms with Gasteiger partial charge in [0.15, 0.2) is 12.1 Å². The SMILES string of the molecule is COc1ccc(/C=C2/CCC[C@@H]3C2=NN(C(=O)CN2N=N[C@@H]4C(=O)N(c5cccc6ccccc56)C(=O)[C@H]42)[C@@H]3c2ccc(OC)cc2)cc1. The standard InChI is InChI=1S/C38H34N6O5/c1-48-27-17-13-23(14-18-27)21-26-9-5-11-30-33(26)40-44(35(30)25-15-19-28(49-2)20-16-25)32(45)22-42-36-34(39-41-42)37(46)43(38(36)47)31-12-6-8-24-7-3-4-10-29(24)31/h3-4,6-8,10,12-21,30,34-36H,5,9,11,22H2,1-2H3/b26-21-/t30-,34+,35-,36+/m1/s1. The van der Waals surface area contributed by atoms with E-state index in [1.807, 2.05) is 84.9 Å². The van der Waals surface area contributed by atoms with Crippen LogP contribution in [0.25, 0.3) is 16.8 Å². The lowest BCUT2D eigenvalue weighted by molar-refractivity contribution is -0.136. The van der Waals surface area contributed by atoms with Crippen LogP contribution in [0.4, 0.5) is 5.69 Å². The monoisotopic (exact) mass is 654 g/mol. The molecule has 246 valence electrons. The van der Waals surface area contributed by atoms with E-state index in [4.69, 9.17) is 14.6 Å². The summed E-state index contributed by atoms with van der Waals surface area (Å²) in [6, 6.07) is 26.3. The molecule has 0 N–H and O–H groups in total. The molecule has 4 aliphatic rings. The minimum absolute atomic E-state index is 0.0277. The van der Waals surface area contributed by atoms with Gasteiger partial charge in [0, 0.05) is 11.3 Å². The molecule has 11 heteroatoms. The molecule has 3 aliphatic heterocycles. The fourth-order valence-electron chi connectivity index (χ4n) is 7.45. The highest BCUT2D eigenvalue weighted by Gasteiger charge is 2.56. The van der Waals surface area contributed by atoms with Gasteiger partial charge in [0.1, 0.15) is 18.0 Å². The first-order valence-electron chi connectivity index (χ1n) is 16.4. The number of rotatable bonds is 7. The Labute approximate surface area is 283 Å². The maximum Gasteiger partial charge on any atom is 0.264 e. The second kappa shape index (κ2) is 12.3. The molecule has 4 aromatic rings. The Bertz CT molecular complexity index is 2050. The smallest absolute Gasteiger partial charge is 0.264 e. The first-order valence-corrected chi connectivity index (χ1v) is 16.4. The van der Waals surface area contributed by atoms with Gasteiger partial charge in [-0.3, -0.25) is 19.4 Å². The van der Waals surface area contributed by atoms with Crippen LogP contribution in [0.15, 0.2) is 112 Å². The molecule has 8 rings (SSSR count). The molecule has 2 fully saturated rings. The van der Waals surface area contributed by atoms with Gasteiger partial charge in [0.25, 0.3) is 17.7 Å². The van der Waals surface area contributed by atoms with Crippen LogP contribution >= 0.6 is 0 Å². The lowest BCUT2D eigenvalue weighted by Crippen LogP contribution is -2.45. The number of anilines is 1. The largest absolute Gasteiger partial charge is 0.497 e. The lowest BCUT2D eigenvalue weighted by atomic mass is 9.77. The van der Waals surface area contributed by atoms with Crippen LogP contribution in [0.1, 0.15) is 36.4 Å². The van der Waals surface area contributed by atoms with Crippen LogP contribution in [0.5, 0.6) is 11.5 Å². The first kappa shape index (κ1) is 30.5. The van der Waals surface area contributed by atoms with Crippen molar-refractivity contribution < 1.29 is 23.9 Å². The zero-order valence-electron chi connectivity index (χ0n) is 27.1. The summed E-state index contributed by atoms with van der Waals surface area (Å²) >= 11 is 0. The zero-order chi connectivity index (χ0) is 33.6. The van der Waals surface area contributed by atoms with E-state index in [9.17, 15) is 14.4 Å². The molecular weight excluding hydrogens is 620 g/mol. The quantitative estimate of drug-likeness (QED) is 0.227. The number of methoxy groups -OCH3 is 2. The Kier molecular flexibility index (Phi) is 7.66. The van der Waals surface area contributed by atoms with Crippen LogP contribution in [0, 0.1) is 5.92 Å². The first-order chi connectivity index (χ1) is 23.9. The van der Waals surface area contributed by atoms with Crippen LogP contribution in [0.2, 0.25) is 0 Å². The highest BCUT2D eigenvalue weighted by molar-refractivity contribution is 6.27. The predicted octanol–water partition coefficient (Wildman–Crippen LogP) is 5.97. The number of amides is 3. The van der Waals surface area contributed by atoms with Crippen molar-refractivity contribution in [3.05, 3.63) is 108 Å². The van der Waals surface area contributed by atoms with Gasteiger partial charge in [0.05, 0.1) is 31.7 Å². The van der Waals surface area contributed by atoms with Crippen molar-refractivity contribution in [3.63, 3.8) is 0 Å². The van der Waals surface area contributed by atoms with Crippen molar-refractivity contribution in [1.29, 1.82) is 0 Å². The summed E-state index contributed by atoms with van der Waals surface area (Å²) < 4.78 is 10.7. The summed E-state index contributed by atoms with van der Waals surface area (Å²) in [4.78, 5) is 43.0. The zero-order valence-corrected chi connectivity index (χ0v) is 27.1. The predicted molar refractivity (Wildman–Crippen MR) is 184 cm³/mol. The minimum atomic E-state index is -1.02. The molecule has 49 heavy (non-hydrogen) atoms. The highest BCUT2D eigenvalue weighted by atomic mass is 16.5. The van der Waals surface area contributed by atoms with E-state index in [0.717, 1.165) is 58.2 Å². The third-order valence-corrected chi connectivity index (χ3v) is 9.83. The van der Waals surface area contributed by atoms with Crippen LogP contribution in [0.3, 0.4) is 0 Å². The second-order valence-corrected chi connectivity index (χ2v) is 12.6. The summed E-state index contributed by atoms with van der Waals surface area (Å²) in [5, 5.41) is 17.9. The van der Waals surface area contributed by atoms with Crippen molar-refractivity contribution >= 4 is 46.0 Å². The lowest BCUT2D eigenvalue weighted by Gasteiger charge is -2.30. The Morgan fingerprint density at radius 3 is 2.33 bits per heavy atom. The molecule has 0 spiro atoms. The molecule has 0 aromatic heterocycles. The average molecular weight is 655 g/mol. The van der Waals surface area contributed by atoms with Crippen molar-refractivity contribution in [2.24, 2.45) is 21.4 Å². The van der Waals surface area contributed by atoms with Gasteiger partial charge in [-0.15, -0.1) is 0 Å². The van der Waals surface area contributed by atoms with Crippen LogP contribution < -0.4 is 14.4 Å². The number of fused-ring (bicyclic) bond motifs is 3. The van der Waals surface area contributed by atoms with E-state index < -0.39 is 23.9 Å². The molecule has 1 saturated carbocycles. The molecular formula is C38H34N6O5. The number of carbonyl (C=O) groups excluding carboxylic acids is 3. The molecule has 4 atom stereocenters. The number of carbonyl (C=O) groups is 3. The number of allylic oxidation sites excluding steroid dienone is 1. The van der Waals surface area contributed by atoms with Gasteiger partial charge in [-0.1, -0.05) is 65.9 Å². The van der Waals surface area contributed by atoms with Crippen molar-refractivity contribution in [2.75, 3.05) is 25.7 Å². The Hall–Kier alpha value is -5.84. The van der Waals surface area contributed by atoms with Crippen molar-refractivity contribution in [1.82, 2.24) is 10.0 Å². The molecule has 0 bridgehead atoms. The summed E-state index contributed by atoms with van der Waals surface area (Å²) in [7, 11) is 3.26. The van der Waals surface area contributed by atoms with Crippen LogP contribution in [-0.2, 0) is 14.4 Å². The van der Waals surface area contributed by atoms with Gasteiger partial charge >= 0.3 is 0 Å². The van der Waals surface area contributed by atoms with E-state index in [0.29, 0.717) is 11.4 Å². The fourth-order valence-corrected chi connectivity index (χ4v) is 7.45. The highest BCUT2D eigenvalue weighted by Crippen LogP contribution is 2.45. The number of ether oxygens (including phenoxy) is 2. The van der Waals surface area contributed by atoms with Gasteiger partial charge in [0.2, 0.25) is 0 Å². The van der Waals surface area contributed by atoms with Gasteiger partial charge in [-0.25, -0.2) is 9.91 Å². The number of hydrazone groups is 1. The molecule has 1 aliphatic carbocycles. The van der Waals surface area contributed by atoms with Crippen molar-refractivity contribution in [2.45, 2.75) is 37.4 Å². The summed E-state index contributed by atoms with van der Waals surface area (Å²) in [6.45, 7) is -0.263. The Balaban J connectivity index is 1.10. The topological polar surface area (TPSA) is 116 Å². The van der Waals surface area contributed by atoms with Gasteiger partial charge in [-0.2, -0.15) is 10.2 Å². The number of hydrogen-bond acceptors (Lipinski definition) is 9. The summed E-state index contributed by atoms with van der Waals surface area (Å²) in [5.74, 6) is 0.217. The third kappa shape index (κ3) is 5.22. The maximum absolute atomic E-state index is 14.3. The molecule has 4 aromatic carbocycles. The molecule has 0 unspecified atom stereocenters. The van der Waals surface area contributed by atoms with E-state index in [1.54, 1.807) is 25.3 Å². The van der Waals surface area contributed by atoms with E-state index in [-0.39, 0.29) is 24.4 Å². The molecule has 3 amide bonds. The summed E-state index contributed by atoms with van der Waals surface area (Å²) in [6.07, 6.45) is 4.78. The number of imide groups is 1. The third-order valence-electron chi connectivity index (χ3n) is 9.83. The van der Waals surface area contributed by atoms with Gasteiger partial charge < -0.3 is 9.47 Å². The normalized spacial score (nSPS) is 23.7. The molecule has 1 saturated heterocycles. The summed E-state index contributed by atoms with van der Waals surface area (Å²) in [5.41, 5.74) is 4.41. The average Bonchev–Trinajstić information content (AvgIpc) is 3.81. The number of benzene rings is 4. The minimum Gasteiger partial charge on any atom is -0.497 e. The molecule has 11 nitrogen and oxygen atoms in total. The van der Waals surface area contributed by atoms with E-state index in [1.165, 1.54) is 9.91 Å².